The van der Waals surface area contributed by atoms with Gasteiger partial charge in [-0.2, -0.15) is 5.10 Å². The van der Waals surface area contributed by atoms with E-state index < -0.39 is 4.92 Å². The first-order chi connectivity index (χ1) is 12.0. The predicted octanol–water partition coefficient (Wildman–Crippen LogP) is 3.71. The molecule has 1 fully saturated rings. The van der Waals surface area contributed by atoms with Crippen LogP contribution in [0.4, 0.5) is 11.4 Å². The molecule has 2 aromatic carbocycles. The summed E-state index contributed by atoms with van der Waals surface area (Å²) in [7, 11) is 0. The predicted molar refractivity (Wildman–Crippen MR) is 101 cm³/mol. The second-order valence-electron chi connectivity index (χ2n) is 5.98. The summed E-state index contributed by atoms with van der Waals surface area (Å²) < 4.78 is 0. The van der Waals surface area contributed by atoms with E-state index in [4.69, 9.17) is 11.6 Å². The molecule has 0 aromatic heterocycles. The molecule has 130 valence electrons. The van der Waals surface area contributed by atoms with Crippen LogP contribution in [0.25, 0.3) is 0 Å². The van der Waals surface area contributed by atoms with E-state index in [0.29, 0.717) is 10.6 Å². The highest BCUT2D eigenvalue weighted by molar-refractivity contribution is 6.33. The molecule has 0 unspecified atom stereocenters. The van der Waals surface area contributed by atoms with Crippen molar-refractivity contribution in [2.45, 2.75) is 6.92 Å². The summed E-state index contributed by atoms with van der Waals surface area (Å²) in [5.41, 5.74) is 3.03. The molecule has 0 aliphatic carbocycles. The Bertz CT molecular complexity index is 784. The summed E-state index contributed by atoms with van der Waals surface area (Å²) in [6.07, 6.45) is 1.59. The van der Waals surface area contributed by atoms with E-state index in [-0.39, 0.29) is 5.69 Å². The fraction of sp³-hybridized carbons (Fsp3) is 0.278. The Hall–Kier alpha value is -2.60. The number of nitrogens with zero attached hydrogens (tertiary/aromatic N) is 4. The maximum absolute atomic E-state index is 10.9. The van der Waals surface area contributed by atoms with Gasteiger partial charge in [-0.25, -0.2) is 0 Å². The molecule has 2 aromatic rings. The molecule has 0 bridgehead atoms. The first-order valence-electron chi connectivity index (χ1n) is 8.07. The molecule has 0 saturated carbocycles. The summed E-state index contributed by atoms with van der Waals surface area (Å²) in [6.45, 7) is 5.41. The zero-order valence-electron chi connectivity index (χ0n) is 13.9. The number of benzene rings is 2. The smallest absolute Gasteiger partial charge is 0.270 e. The molecular weight excluding hydrogens is 340 g/mol. The third-order valence-corrected chi connectivity index (χ3v) is 4.55. The number of hydrogen-bond donors (Lipinski definition) is 0. The molecule has 1 saturated heterocycles. The first-order valence-corrected chi connectivity index (χ1v) is 8.45. The van der Waals surface area contributed by atoms with Crippen molar-refractivity contribution in [3.8, 4) is 0 Å². The van der Waals surface area contributed by atoms with Crippen LogP contribution in [0.1, 0.15) is 11.1 Å². The molecule has 0 radical (unpaired) electrons. The monoisotopic (exact) mass is 358 g/mol. The topological polar surface area (TPSA) is 62.0 Å². The molecule has 0 amide bonds. The molecule has 1 aliphatic rings. The highest BCUT2D eigenvalue weighted by Gasteiger charge is 2.16. The van der Waals surface area contributed by atoms with Crippen molar-refractivity contribution in [2.75, 3.05) is 31.1 Å². The summed E-state index contributed by atoms with van der Waals surface area (Å²) in [5, 5.41) is 17.7. The number of nitro benzene ring substituents is 1. The van der Waals surface area contributed by atoms with E-state index in [2.05, 4.69) is 41.2 Å². The van der Waals surface area contributed by atoms with Crippen molar-refractivity contribution in [1.29, 1.82) is 0 Å². The van der Waals surface area contributed by atoms with Gasteiger partial charge in [0.25, 0.3) is 5.69 Å². The molecule has 3 rings (SSSR count). The van der Waals surface area contributed by atoms with Crippen molar-refractivity contribution in [1.82, 2.24) is 5.01 Å². The zero-order chi connectivity index (χ0) is 17.8. The highest BCUT2D eigenvalue weighted by Crippen LogP contribution is 2.21. The van der Waals surface area contributed by atoms with Crippen molar-refractivity contribution in [3.05, 3.63) is 68.7 Å². The van der Waals surface area contributed by atoms with Crippen molar-refractivity contribution in [2.24, 2.45) is 5.10 Å². The largest absolute Gasteiger partial charge is 0.368 e. The highest BCUT2D eigenvalue weighted by atomic mass is 35.5. The van der Waals surface area contributed by atoms with Gasteiger partial charge in [-0.1, -0.05) is 29.3 Å². The molecule has 1 aliphatic heterocycles. The van der Waals surface area contributed by atoms with Gasteiger partial charge in [0.15, 0.2) is 0 Å². The number of anilines is 1. The lowest BCUT2D eigenvalue weighted by molar-refractivity contribution is -0.384. The Morgan fingerprint density at radius 2 is 1.80 bits per heavy atom. The lowest BCUT2D eigenvalue weighted by Gasteiger charge is -2.34. The lowest BCUT2D eigenvalue weighted by Crippen LogP contribution is -2.44. The van der Waals surface area contributed by atoms with Crippen LogP contribution in [-0.2, 0) is 0 Å². The molecule has 6 nitrogen and oxygen atoms in total. The van der Waals surface area contributed by atoms with Crippen molar-refractivity contribution >= 4 is 29.2 Å². The summed E-state index contributed by atoms with van der Waals surface area (Å²) in [5.74, 6) is 0. The van der Waals surface area contributed by atoms with Gasteiger partial charge >= 0.3 is 0 Å². The number of piperazine rings is 1. The number of halogens is 1. The van der Waals surface area contributed by atoms with Crippen LogP contribution in [0.2, 0.25) is 5.02 Å². The summed E-state index contributed by atoms with van der Waals surface area (Å²) in [6, 6.07) is 12.9. The van der Waals surface area contributed by atoms with Gasteiger partial charge in [0.2, 0.25) is 0 Å². The van der Waals surface area contributed by atoms with Crippen molar-refractivity contribution < 1.29 is 4.92 Å². The summed E-state index contributed by atoms with van der Waals surface area (Å²) in [4.78, 5) is 12.8. The molecule has 25 heavy (non-hydrogen) atoms. The number of nitro groups is 1. The quantitative estimate of drug-likeness (QED) is 0.475. The fourth-order valence-corrected chi connectivity index (χ4v) is 2.88. The van der Waals surface area contributed by atoms with E-state index in [0.717, 1.165) is 26.2 Å². The normalized spacial score (nSPS) is 15.0. The van der Waals surface area contributed by atoms with Gasteiger partial charge in [0.05, 0.1) is 24.2 Å². The van der Waals surface area contributed by atoms with Gasteiger partial charge in [-0.05, 0) is 25.1 Å². The Kier molecular flexibility index (Phi) is 5.19. The van der Waals surface area contributed by atoms with Crippen LogP contribution in [0.5, 0.6) is 0 Å². The van der Waals surface area contributed by atoms with E-state index >= 15 is 0 Å². The molecule has 1 heterocycles. The number of non-ortho nitro benzene ring substituents is 1. The Morgan fingerprint density at radius 3 is 2.44 bits per heavy atom. The van der Waals surface area contributed by atoms with E-state index in [1.165, 1.54) is 29.4 Å². The number of aryl methyl sites for hydroxylation is 1. The third kappa shape index (κ3) is 4.28. The number of rotatable bonds is 4. The fourth-order valence-electron chi connectivity index (χ4n) is 2.71. The molecule has 0 N–H and O–H groups in total. The van der Waals surface area contributed by atoms with Gasteiger partial charge in [-0.3, -0.25) is 15.1 Å². The maximum atomic E-state index is 10.9. The average Bonchev–Trinajstić information content (AvgIpc) is 2.62. The average molecular weight is 359 g/mol. The van der Waals surface area contributed by atoms with E-state index in [1.54, 1.807) is 6.21 Å². The zero-order valence-corrected chi connectivity index (χ0v) is 14.7. The van der Waals surface area contributed by atoms with Crippen LogP contribution in [0, 0.1) is 17.0 Å². The maximum Gasteiger partial charge on any atom is 0.270 e. The second-order valence-corrected chi connectivity index (χ2v) is 6.39. The first kappa shape index (κ1) is 17.2. The molecular formula is C18H19ClN4O2. The van der Waals surface area contributed by atoms with Crippen LogP contribution >= 0.6 is 11.6 Å². The van der Waals surface area contributed by atoms with Gasteiger partial charge < -0.3 is 4.90 Å². The number of hydrazone groups is 1. The van der Waals surface area contributed by atoms with Gasteiger partial charge in [0, 0.05) is 41.5 Å². The standard InChI is InChI=1S/C18H19ClN4O2/c1-14-2-4-16(5-3-14)21-8-10-22(11-9-21)20-13-15-12-17(23(24)25)6-7-18(15)19/h2-7,12-13H,8-11H2,1H3. The van der Waals surface area contributed by atoms with E-state index in [9.17, 15) is 10.1 Å². The Balaban J connectivity index is 1.62. The minimum absolute atomic E-state index is 0.00930. The lowest BCUT2D eigenvalue weighted by atomic mass is 10.2. The molecule has 0 atom stereocenters. The second kappa shape index (κ2) is 7.53. The van der Waals surface area contributed by atoms with E-state index in [1.807, 2.05) is 5.01 Å². The minimum Gasteiger partial charge on any atom is -0.368 e. The molecule has 7 heteroatoms. The molecule has 0 spiro atoms. The SMILES string of the molecule is Cc1ccc(N2CCN(N=Cc3cc([N+](=O)[O-])ccc3Cl)CC2)cc1. The number of hydrogen-bond acceptors (Lipinski definition) is 5. The van der Waals surface area contributed by atoms with Crippen LogP contribution in [0.15, 0.2) is 47.6 Å². The van der Waals surface area contributed by atoms with Crippen molar-refractivity contribution in [3.63, 3.8) is 0 Å². The Morgan fingerprint density at radius 1 is 1.12 bits per heavy atom. The minimum atomic E-state index is -0.436. The van der Waals surface area contributed by atoms with Gasteiger partial charge in [0.1, 0.15) is 0 Å². The van der Waals surface area contributed by atoms with Gasteiger partial charge in [-0.15, -0.1) is 0 Å². The Labute approximate surface area is 151 Å². The van der Waals surface area contributed by atoms with Crippen LogP contribution < -0.4 is 4.90 Å². The third-order valence-electron chi connectivity index (χ3n) is 4.21. The summed E-state index contributed by atoms with van der Waals surface area (Å²) >= 11 is 6.09. The van der Waals surface area contributed by atoms with Crippen LogP contribution in [-0.4, -0.2) is 42.3 Å². The van der Waals surface area contributed by atoms with Crippen LogP contribution in [0.3, 0.4) is 0 Å².